The zero-order valence-corrected chi connectivity index (χ0v) is 11.1. The molecule has 0 saturated heterocycles. The number of rotatable bonds is 4. The molecule has 6 heteroatoms. The zero-order valence-electron chi connectivity index (χ0n) is 11.1. The molecule has 2 rings (SSSR count). The van der Waals surface area contributed by atoms with E-state index in [4.69, 9.17) is 0 Å². The van der Waals surface area contributed by atoms with Crippen LogP contribution in [0.15, 0.2) is 36.9 Å². The van der Waals surface area contributed by atoms with E-state index < -0.39 is 0 Å². The minimum absolute atomic E-state index is 0.0895. The molecule has 2 aromatic heterocycles. The number of hydrogen-bond acceptors (Lipinski definition) is 5. The van der Waals surface area contributed by atoms with E-state index in [-0.39, 0.29) is 5.78 Å². The average molecular weight is 257 g/mol. The summed E-state index contributed by atoms with van der Waals surface area (Å²) in [6, 6.07) is 1.73. The van der Waals surface area contributed by atoms with Crippen LogP contribution in [0.3, 0.4) is 0 Å². The largest absolute Gasteiger partial charge is 0.383 e. The lowest BCUT2D eigenvalue weighted by atomic mass is 10.2. The molecule has 6 nitrogen and oxygen atoms in total. The first-order valence-corrected chi connectivity index (χ1v) is 5.80. The Balaban J connectivity index is 2.31. The monoisotopic (exact) mass is 257 g/mol. The molecular weight excluding hydrogens is 242 g/mol. The van der Waals surface area contributed by atoms with Crippen LogP contribution < -0.4 is 0 Å². The quantitative estimate of drug-likeness (QED) is 0.609. The summed E-state index contributed by atoms with van der Waals surface area (Å²) in [5.74, 6) is 0.365. The zero-order chi connectivity index (χ0) is 13.8. The fraction of sp³-hybridized carbons (Fsp3) is 0.231. The Morgan fingerprint density at radius 1 is 1.32 bits per heavy atom. The SMILES string of the molecule is Cc1c(C(=O)/C=C/N(C)C)cnn1-c1ncccn1. The van der Waals surface area contributed by atoms with Crippen LogP contribution in [0.25, 0.3) is 5.95 Å². The van der Waals surface area contributed by atoms with E-state index in [1.807, 2.05) is 21.0 Å². The van der Waals surface area contributed by atoms with Gasteiger partial charge in [-0.2, -0.15) is 5.10 Å². The van der Waals surface area contributed by atoms with Crippen LogP contribution in [-0.4, -0.2) is 44.5 Å². The molecule has 0 aliphatic heterocycles. The summed E-state index contributed by atoms with van der Waals surface area (Å²) in [6.45, 7) is 1.82. The lowest BCUT2D eigenvalue weighted by Crippen LogP contribution is -2.06. The topological polar surface area (TPSA) is 63.9 Å². The molecule has 0 aliphatic carbocycles. The molecule has 0 amide bonds. The van der Waals surface area contributed by atoms with E-state index in [2.05, 4.69) is 15.1 Å². The molecule has 0 spiro atoms. The van der Waals surface area contributed by atoms with Gasteiger partial charge in [-0.15, -0.1) is 0 Å². The van der Waals surface area contributed by atoms with Gasteiger partial charge in [0.1, 0.15) is 0 Å². The molecule has 0 N–H and O–H groups in total. The normalized spacial score (nSPS) is 10.9. The van der Waals surface area contributed by atoms with Crippen molar-refractivity contribution in [2.24, 2.45) is 0 Å². The number of carbonyl (C=O) groups excluding carboxylic acids is 1. The van der Waals surface area contributed by atoms with E-state index in [0.29, 0.717) is 11.5 Å². The van der Waals surface area contributed by atoms with Gasteiger partial charge in [-0.05, 0) is 13.0 Å². The van der Waals surface area contributed by atoms with E-state index in [9.17, 15) is 4.79 Å². The highest BCUT2D eigenvalue weighted by molar-refractivity contribution is 6.05. The third-order valence-corrected chi connectivity index (χ3v) is 2.54. The van der Waals surface area contributed by atoms with Gasteiger partial charge >= 0.3 is 0 Å². The maximum atomic E-state index is 12.0. The molecule has 2 heterocycles. The third-order valence-electron chi connectivity index (χ3n) is 2.54. The first-order valence-electron chi connectivity index (χ1n) is 5.80. The first kappa shape index (κ1) is 12.9. The Kier molecular flexibility index (Phi) is 3.70. The molecular formula is C13H15N5O. The highest BCUT2D eigenvalue weighted by Gasteiger charge is 2.14. The van der Waals surface area contributed by atoms with E-state index in [0.717, 1.165) is 5.69 Å². The van der Waals surface area contributed by atoms with Crippen molar-refractivity contribution in [3.63, 3.8) is 0 Å². The van der Waals surface area contributed by atoms with E-state index in [1.165, 1.54) is 12.3 Å². The first-order chi connectivity index (χ1) is 9.09. The van der Waals surface area contributed by atoms with Crippen molar-refractivity contribution in [3.05, 3.63) is 48.2 Å². The molecule has 0 bridgehead atoms. The fourth-order valence-electron chi connectivity index (χ4n) is 1.56. The second kappa shape index (κ2) is 5.43. The smallest absolute Gasteiger partial charge is 0.250 e. The number of carbonyl (C=O) groups is 1. The summed E-state index contributed by atoms with van der Waals surface area (Å²) in [6.07, 6.45) is 8.03. The van der Waals surface area contributed by atoms with Crippen molar-refractivity contribution in [1.82, 2.24) is 24.6 Å². The van der Waals surface area contributed by atoms with Gasteiger partial charge in [0, 0.05) is 38.8 Å². The van der Waals surface area contributed by atoms with Crippen LogP contribution in [0.5, 0.6) is 0 Å². The van der Waals surface area contributed by atoms with Crippen molar-refractivity contribution in [2.75, 3.05) is 14.1 Å². The molecule has 19 heavy (non-hydrogen) atoms. The predicted molar refractivity (Wildman–Crippen MR) is 71.0 cm³/mol. The van der Waals surface area contributed by atoms with Crippen LogP contribution in [0.2, 0.25) is 0 Å². The minimum Gasteiger partial charge on any atom is -0.383 e. The number of aromatic nitrogens is 4. The molecule has 0 unspecified atom stereocenters. The van der Waals surface area contributed by atoms with Gasteiger partial charge in [0.15, 0.2) is 5.78 Å². The van der Waals surface area contributed by atoms with Crippen molar-refractivity contribution in [3.8, 4) is 5.95 Å². The molecule has 0 saturated carbocycles. The molecule has 0 radical (unpaired) electrons. The maximum Gasteiger partial charge on any atom is 0.250 e. The van der Waals surface area contributed by atoms with Gasteiger partial charge in [0.25, 0.3) is 5.95 Å². The van der Waals surface area contributed by atoms with Gasteiger partial charge in [-0.3, -0.25) is 4.79 Å². The third kappa shape index (κ3) is 2.85. The average Bonchev–Trinajstić information content (AvgIpc) is 2.79. The van der Waals surface area contributed by atoms with Crippen molar-refractivity contribution >= 4 is 5.78 Å². The molecule has 2 aromatic rings. The number of nitrogens with zero attached hydrogens (tertiary/aromatic N) is 5. The molecule has 0 fully saturated rings. The van der Waals surface area contributed by atoms with Gasteiger partial charge in [0.2, 0.25) is 0 Å². The second-order valence-corrected chi connectivity index (χ2v) is 4.25. The van der Waals surface area contributed by atoms with Crippen molar-refractivity contribution in [2.45, 2.75) is 6.92 Å². The molecule has 0 aromatic carbocycles. The van der Waals surface area contributed by atoms with Gasteiger partial charge in [-0.25, -0.2) is 14.6 Å². The second-order valence-electron chi connectivity index (χ2n) is 4.25. The van der Waals surface area contributed by atoms with E-state index >= 15 is 0 Å². The van der Waals surface area contributed by atoms with Crippen molar-refractivity contribution in [1.29, 1.82) is 0 Å². The Morgan fingerprint density at radius 3 is 2.63 bits per heavy atom. The Morgan fingerprint density at radius 2 is 2.00 bits per heavy atom. The number of allylic oxidation sites excluding steroid dienone is 1. The summed E-state index contributed by atoms with van der Waals surface area (Å²) in [5, 5.41) is 4.16. The summed E-state index contributed by atoms with van der Waals surface area (Å²) in [5.41, 5.74) is 1.27. The molecule has 0 atom stereocenters. The summed E-state index contributed by atoms with van der Waals surface area (Å²) in [7, 11) is 3.72. The summed E-state index contributed by atoms with van der Waals surface area (Å²) >= 11 is 0. The Labute approximate surface area is 111 Å². The van der Waals surface area contributed by atoms with Crippen LogP contribution in [0.4, 0.5) is 0 Å². The number of hydrogen-bond donors (Lipinski definition) is 0. The molecule has 0 aliphatic rings. The van der Waals surface area contributed by atoms with Crippen LogP contribution in [-0.2, 0) is 0 Å². The predicted octanol–water partition coefficient (Wildman–Crippen LogP) is 1.23. The Hall–Kier alpha value is -2.50. The minimum atomic E-state index is -0.0895. The fourth-order valence-corrected chi connectivity index (χ4v) is 1.56. The van der Waals surface area contributed by atoms with Crippen molar-refractivity contribution < 1.29 is 4.79 Å². The highest BCUT2D eigenvalue weighted by atomic mass is 16.1. The highest BCUT2D eigenvalue weighted by Crippen LogP contribution is 2.11. The Bertz CT molecular complexity index is 601. The molecule has 98 valence electrons. The lowest BCUT2D eigenvalue weighted by molar-refractivity contribution is 0.104. The standard InChI is InChI=1S/C13H15N5O/c1-10-11(12(19)5-8-17(2)3)9-16-18(10)13-14-6-4-7-15-13/h4-9H,1-3H3/b8-5+. The van der Waals surface area contributed by atoms with Gasteiger partial charge in [0.05, 0.1) is 17.5 Å². The number of ketones is 1. The van der Waals surface area contributed by atoms with Crippen LogP contribution >= 0.6 is 0 Å². The summed E-state index contributed by atoms with van der Waals surface area (Å²) < 4.78 is 1.55. The lowest BCUT2D eigenvalue weighted by Gasteiger charge is -2.03. The maximum absolute atomic E-state index is 12.0. The van der Waals surface area contributed by atoms with Gasteiger partial charge in [-0.1, -0.05) is 0 Å². The van der Waals surface area contributed by atoms with E-state index in [1.54, 1.807) is 34.2 Å². The van der Waals surface area contributed by atoms with Crippen LogP contribution in [0, 0.1) is 6.92 Å². The summed E-state index contributed by atoms with van der Waals surface area (Å²) in [4.78, 5) is 22.0. The van der Waals surface area contributed by atoms with Crippen LogP contribution in [0.1, 0.15) is 16.1 Å². The van der Waals surface area contributed by atoms with Gasteiger partial charge < -0.3 is 4.90 Å².